The molecule has 11 heavy (non-hydrogen) atoms. The van der Waals surface area contributed by atoms with Gasteiger partial charge in [-0.15, -0.1) is 0 Å². The van der Waals surface area contributed by atoms with Crippen LogP contribution in [0.25, 0.3) is 0 Å². The molecule has 0 radical (unpaired) electrons. The van der Waals surface area contributed by atoms with E-state index in [0.29, 0.717) is 0 Å². The molecule has 0 aliphatic carbocycles. The van der Waals surface area contributed by atoms with Gasteiger partial charge in [0.05, 0.1) is 0 Å². The van der Waals surface area contributed by atoms with E-state index in [-0.39, 0.29) is 0 Å². The molecule has 0 fully saturated rings. The van der Waals surface area contributed by atoms with Crippen LogP contribution in [-0.4, -0.2) is 21.5 Å². The van der Waals surface area contributed by atoms with Crippen molar-refractivity contribution >= 4 is 8.32 Å². The maximum atomic E-state index is 5.83. The molecule has 0 aliphatic rings. The van der Waals surface area contributed by atoms with Crippen LogP contribution in [0.3, 0.4) is 0 Å². The lowest BCUT2D eigenvalue weighted by atomic mass is 10.5. The van der Waals surface area contributed by atoms with Crippen molar-refractivity contribution in [2.24, 2.45) is 5.73 Å². The van der Waals surface area contributed by atoms with Gasteiger partial charge in [-0.25, -0.2) is 0 Å². The fraction of sp³-hybridized carbons (Fsp3) is 1.00. The molecule has 0 aromatic rings. The van der Waals surface area contributed by atoms with Crippen LogP contribution in [-0.2, 0) is 4.43 Å². The van der Waals surface area contributed by atoms with Crippen molar-refractivity contribution in [3.63, 3.8) is 0 Å². The normalized spacial score (nSPS) is 16.4. The molecule has 2 N–H and O–H groups in total. The highest BCUT2D eigenvalue weighted by Crippen LogP contribution is 2.15. The van der Waals surface area contributed by atoms with E-state index in [0.717, 1.165) is 25.6 Å². The predicted molar refractivity (Wildman–Crippen MR) is 52.2 cm³/mol. The lowest BCUT2D eigenvalue weighted by Crippen LogP contribution is -2.36. The zero-order chi connectivity index (χ0) is 8.74. The van der Waals surface area contributed by atoms with E-state index in [1.165, 1.54) is 6.04 Å². The van der Waals surface area contributed by atoms with Gasteiger partial charge in [-0.3, -0.25) is 0 Å². The van der Waals surface area contributed by atoms with Crippen molar-refractivity contribution in [1.82, 2.24) is 0 Å². The zero-order valence-corrected chi connectivity index (χ0v) is 9.02. The fourth-order valence-corrected chi connectivity index (χ4v) is 3.01. The lowest BCUT2D eigenvalue weighted by Gasteiger charge is -2.25. The highest BCUT2D eigenvalue weighted by Gasteiger charge is 2.24. The zero-order valence-electron chi connectivity index (χ0n) is 8.02. The maximum Gasteiger partial charge on any atom is 0.190 e. The third kappa shape index (κ3) is 4.56. The van der Waals surface area contributed by atoms with Crippen molar-refractivity contribution in [3.8, 4) is 0 Å². The summed E-state index contributed by atoms with van der Waals surface area (Å²) in [6.45, 7) is 8.32. The predicted octanol–water partition coefficient (Wildman–Crippen LogP) is 1.97. The second-order valence-electron chi connectivity index (χ2n) is 3.19. The molecule has 2 nitrogen and oxygen atoms in total. The summed E-state index contributed by atoms with van der Waals surface area (Å²) in [5.74, 6) is 0. The van der Waals surface area contributed by atoms with Gasteiger partial charge in [0.1, 0.15) is 0 Å². The van der Waals surface area contributed by atoms with Crippen LogP contribution in [0.2, 0.25) is 18.6 Å². The van der Waals surface area contributed by atoms with Crippen LogP contribution in [0.1, 0.15) is 20.3 Å². The van der Waals surface area contributed by atoms with Crippen molar-refractivity contribution in [2.75, 3.05) is 13.2 Å². The Bertz CT molecular complexity index is 100. The van der Waals surface area contributed by atoms with E-state index in [1.54, 1.807) is 0 Å². The fourth-order valence-electron chi connectivity index (χ4n) is 1.00. The van der Waals surface area contributed by atoms with E-state index in [4.69, 9.17) is 10.2 Å². The smallest absolute Gasteiger partial charge is 0.190 e. The first-order valence-corrected chi connectivity index (χ1v) is 7.34. The summed E-state index contributed by atoms with van der Waals surface area (Å²) in [7, 11) is -1.37. The molecule has 0 amide bonds. The summed E-state index contributed by atoms with van der Waals surface area (Å²) in [6, 6.07) is 2.29. The van der Waals surface area contributed by atoms with Crippen LogP contribution in [0.4, 0.5) is 0 Å². The van der Waals surface area contributed by atoms with Crippen molar-refractivity contribution in [1.29, 1.82) is 0 Å². The molecule has 0 saturated heterocycles. The summed E-state index contributed by atoms with van der Waals surface area (Å²) < 4.78 is 5.83. The number of hydrogen-bond acceptors (Lipinski definition) is 2. The molecule has 3 heteroatoms. The minimum absolute atomic E-state index is 0.778. The molecule has 68 valence electrons. The van der Waals surface area contributed by atoms with Gasteiger partial charge in [0, 0.05) is 6.61 Å². The Morgan fingerprint density at radius 2 is 2.00 bits per heavy atom. The van der Waals surface area contributed by atoms with Crippen molar-refractivity contribution in [3.05, 3.63) is 0 Å². The molecule has 0 spiro atoms. The molecule has 0 bridgehead atoms. The molecule has 0 heterocycles. The van der Waals surface area contributed by atoms with Gasteiger partial charge < -0.3 is 10.2 Å². The van der Waals surface area contributed by atoms with Crippen molar-refractivity contribution < 1.29 is 4.43 Å². The minimum atomic E-state index is -1.37. The quantitative estimate of drug-likeness (QED) is 0.626. The molecule has 0 aliphatic heterocycles. The Morgan fingerprint density at radius 1 is 1.36 bits per heavy atom. The summed E-state index contributed by atoms with van der Waals surface area (Å²) in [4.78, 5) is 0. The van der Waals surface area contributed by atoms with Gasteiger partial charge in [0.15, 0.2) is 8.32 Å². The SMILES string of the molecule is CCCO[Si](C)(CC)CCN. The third-order valence-electron chi connectivity index (χ3n) is 2.08. The first-order chi connectivity index (χ1) is 5.18. The average molecular weight is 175 g/mol. The van der Waals surface area contributed by atoms with Crippen LogP contribution >= 0.6 is 0 Å². The Kier molecular flexibility index (Phi) is 5.82. The Hall–Kier alpha value is 0.137. The summed E-state index contributed by atoms with van der Waals surface area (Å²) in [5.41, 5.74) is 5.52. The van der Waals surface area contributed by atoms with Crippen LogP contribution in [0.15, 0.2) is 0 Å². The van der Waals surface area contributed by atoms with Crippen molar-refractivity contribution in [2.45, 2.75) is 38.9 Å². The molecule has 0 rings (SSSR count). The topological polar surface area (TPSA) is 35.2 Å². The van der Waals surface area contributed by atoms with Gasteiger partial charge in [-0.2, -0.15) is 0 Å². The monoisotopic (exact) mass is 175 g/mol. The average Bonchev–Trinajstić information content (AvgIpc) is 2.02. The summed E-state index contributed by atoms with van der Waals surface area (Å²) in [6.07, 6.45) is 1.12. The second-order valence-corrected chi connectivity index (χ2v) is 7.59. The Labute approximate surface area is 71.3 Å². The van der Waals surface area contributed by atoms with Gasteiger partial charge >= 0.3 is 0 Å². The van der Waals surface area contributed by atoms with Gasteiger partial charge in [-0.1, -0.05) is 13.8 Å². The second kappa shape index (κ2) is 5.74. The molecular weight excluding hydrogens is 154 g/mol. The molecule has 1 atom stereocenters. The van der Waals surface area contributed by atoms with E-state index in [1.807, 2.05) is 0 Å². The molecule has 1 unspecified atom stereocenters. The van der Waals surface area contributed by atoms with Crippen LogP contribution in [0, 0.1) is 0 Å². The first-order valence-electron chi connectivity index (χ1n) is 4.52. The molecular formula is C8H21NOSi. The largest absolute Gasteiger partial charge is 0.417 e. The first kappa shape index (κ1) is 11.1. The summed E-state index contributed by atoms with van der Waals surface area (Å²) in [5, 5.41) is 0. The van der Waals surface area contributed by atoms with Crippen LogP contribution in [0.5, 0.6) is 0 Å². The van der Waals surface area contributed by atoms with E-state index >= 15 is 0 Å². The standard InChI is InChI=1S/C8H21NOSi/c1-4-7-10-11(3,5-2)8-6-9/h4-9H2,1-3H3. The lowest BCUT2D eigenvalue weighted by molar-refractivity contribution is 0.303. The van der Waals surface area contributed by atoms with Gasteiger partial charge in [-0.05, 0) is 31.6 Å². The Morgan fingerprint density at radius 3 is 2.36 bits per heavy atom. The maximum absolute atomic E-state index is 5.83. The number of rotatable bonds is 6. The number of hydrogen-bond donors (Lipinski definition) is 1. The molecule has 0 aromatic heterocycles. The van der Waals surface area contributed by atoms with Gasteiger partial charge in [0.25, 0.3) is 0 Å². The van der Waals surface area contributed by atoms with Gasteiger partial charge in [0.2, 0.25) is 0 Å². The van der Waals surface area contributed by atoms with E-state index in [2.05, 4.69) is 20.4 Å². The third-order valence-corrected chi connectivity index (χ3v) is 5.82. The van der Waals surface area contributed by atoms with E-state index < -0.39 is 8.32 Å². The minimum Gasteiger partial charge on any atom is -0.417 e. The Balaban J connectivity index is 3.68. The molecule has 0 saturated carbocycles. The highest BCUT2D eigenvalue weighted by molar-refractivity contribution is 6.72. The van der Waals surface area contributed by atoms with E-state index in [9.17, 15) is 0 Å². The highest BCUT2D eigenvalue weighted by atomic mass is 28.4. The van der Waals surface area contributed by atoms with Crippen LogP contribution < -0.4 is 5.73 Å². The molecule has 0 aromatic carbocycles. The summed E-state index contributed by atoms with van der Waals surface area (Å²) >= 11 is 0. The number of nitrogens with two attached hydrogens (primary N) is 1.